The summed E-state index contributed by atoms with van der Waals surface area (Å²) in [5.41, 5.74) is 2.55. The van der Waals surface area contributed by atoms with E-state index in [1.807, 2.05) is 60.7 Å². The van der Waals surface area contributed by atoms with Crippen LogP contribution in [0.5, 0.6) is 0 Å². The molecule has 7 heteroatoms. The Hall–Kier alpha value is -3.24. The molecule has 0 saturated carbocycles. The molecule has 1 atom stereocenters. The Labute approximate surface area is 166 Å². The van der Waals surface area contributed by atoms with Gasteiger partial charge in [0.05, 0.1) is 5.56 Å². The summed E-state index contributed by atoms with van der Waals surface area (Å²) in [6.45, 7) is 0.738. The van der Waals surface area contributed by atoms with E-state index in [0.29, 0.717) is 29.8 Å². The molecule has 0 radical (unpaired) electrons. The Kier molecular flexibility index (Phi) is 6.71. The zero-order chi connectivity index (χ0) is 19.8. The van der Waals surface area contributed by atoms with Gasteiger partial charge in [-0.1, -0.05) is 60.7 Å². The summed E-state index contributed by atoms with van der Waals surface area (Å²) in [7, 11) is 2.54. The maximum atomic E-state index is 12.0. The van der Waals surface area contributed by atoms with Crippen molar-refractivity contribution < 1.29 is 9.53 Å². The smallest absolute Gasteiger partial charge is 0.320 e. The van der Waals surface area contributed by atoms with E-state index in [9.17, 15) is 4.79 Å². The van der Waals surface area contributed by atoms with E-state index in [1.54, 1.807) is 6.07 Å². The van der Waals surface area contributed by atoms with Crippen molar-refractivity contribution in [2.75, 3.05) is 5.32 Å². The molecule has 0 spiro atoms. The summed E-state index contributed by atoms with van der Waals surface area (Å²) in [6.07, 6.45) is 1.52. The lowest BCUT2D eigenvalue weighted by molar-refractivity contribution is 0.251. The molecule has 2 aromatic carbocycles. The molecule has 2 amide bonds. The molecule has 0 aliphatic rings. The van der Waals surface area contributed by atoms with E-state index in [2.05, 4.69) is 24.9 Å². The molecular formula is C21H21N4O2P. The molecule has 6 nitrogen and oxygen atoms in total. The fourth-order valence-electron chi connectivity index (χ4n) is 2.48. The summed E-state index contributed by atoms with van der Waals surface area (Å²) in [5, 5.41) is 14.3. The topological polar surface area (TPSA) is 87.1 Å². The van der Waals surface area contributed by atoms with Crippen LogP contribution in [0.4, 0.5) is 10.6 Å². The fourth-order valence-corrected chi connectivity index (χ4v) is 2.84. The van der Waals surface area contributed by atoms with Crippen molar-refractivity contribution in [1.82, 2.24) is 10.3 Å². The number of rotatable bonds is 6. The van der Waals surface area contributed by atoms with E-state index in [0.717, 1.165) is 11.1 Å². The number of urea groups is 1. The van der Waals surface area contributed by atoms with Gasteiger partial charge in [0, 0.05) is 12.7 Å². The van der Waals surface area contributed by atoms with E-state index < -0.39 is 0 Å². The SMILES string of the molecule is N=C(OCc1ccccc1)c1cnc(NC(=O)NCc2ccccc2)cc1P. The van der Waals surface area contributed by atoms with Crippen molar-refractivity contribution >= 4 is 32.3 Å². The zero-order valence-electron chi connectivity index (χ0n) is 15.2. The third-order valence-electron chi connectivity index (χ3n) is 3.94. The molecule has 3 aromatic rings. The van der Waals surface area contributed by atoms with Gasteiger partial charge in [-0.2, -0.15) is 0 Å². The van der Waals surface area contributed by atoms with Gasteiger partial charge in [0.1, 0.15) is 12.4 Å². The normalized spacial score (nSPS) is 10.2. The van der Waals surface area contributed by atoms with Crippen LogP contribution in [0.2, 0.25) is 0 Å². The maximum Gasteiger partial charge on any atom is 0.320 e. The van der Waals surface area contributed by atoms with Crippen LogP contribution in [-0.2, 0) is 17.9 Å². The van der Waals surface area contributed by atoms with Crippen LogP contribution in [0.15, 0.2) is 72.9 Å². The van der Waals surface area contributed by atoms with Crippen LogP contribution >= 0.6 is 9.24 Å². The minimum atomic E-state index is -0.344. The standard InChI is InChI=1S/C21H21N4O2P/c22-20(27-14-16-9-5-2-6-10-16)17-13-23-19(11-18(17)28)25-21(26)24-12-15-7-3-1-4-8-15/h1-11,13,22H,12,14,28H2,(H2,23,24,25,26). The average molecular weight is 392 g/mol. The minimum absolute atomic E-state index is 0.0291. The van der Waals surface area contributed by atoms with Crippen LogP contribution in [0.25, 0.3) is 0 Å². The molecule has 1 unspecified atom stereocenters. The lowest BCUT2D eigenvalue weighted by atomic mass is 10.2. The van der Waals surface area contributed by atoms with E-state index >= 15 is 0 Å². The van der Waals surface area contributed by atoms with E-state index in [4.69, 9.17) is 10.1 Å². The van der Waals surface area contributed by atoms with Crippen LogP contribution < -0.4 is 15.9 Å². The number of nitrogens with zero attached hydrogens (tertiary/aromatic N) is 1. The van der Waals surface area contributed by atoms with Gasteiger partial charge >= 0.3 is 6.03 Å². The van der Waals surface area contributed by atoms with Gasteiger partial charge in [0.15, 0.2) is 0 Å². The maximum absolute atomic E-state index is 12.0. The molecule has 0 aliphatic carbocycles. The zero-order valence-corrected chi connectivity index (χ0v) is 16.3. The Balaban J connectivity index is 1.54. The van der Waals surface area contributed by atoms with Gasteiger partial charge in [-0.05, 0) is 22.5 Å². The van der Waals surface area contributed by atoms with Gasteiger partial charge in [-0.3, -0.25) is 10.7 Å². The molecule has 1 aromatic heterocycles. The number of ether oxygens (including phenoxy) is 1. The first-order valence-corrected chi connectivity index (χ1v) is 9.29. The number of hydrogen-bond acceptors (Lipinski definition) is 4. The number of amides is 2. The predicted octanol–water partition coefficient (Wildman–Crippen LogP) is 3.45. The van der Waals surface area contributed by atoms with Crippen molar-refractivity contribution in [3.63, 3.8) is 0 Å². The molecule has 3 rings (SSSR count). The van der Waals surface area contributed by atoms with Crippen molar-refractivity contribution in [2.24, 2.45) is 0 Å². The Bertz CT molecular complexity index is 949. The van der Waals surface area contributed by atoms with Gasteiger partial charge in [-0.25, -0.2) is 9.78 Å². The lowest BCUT2D eigenvalue weighted by Gasteiger charge is -2.12. The first-order chi connectivity index (χ1) is 13.6. The average Bonchev–Trinajstić information content (AvgIpc) is 2.72. The summed E-state index contributed by atoms with van der Waals surface area (Å²) >= 11 is 0. The monoisotopic (exact) mass is 392 g/mol. The molecule has 1 heterocycles. The van der Waals surface area contributed by atoms with Gasteiger partial charge in [-0.15, -0.1) is 9.24 Å². The molecular weight excluding hydrogens is 371 g/mol. The van der Waals surface area contributed by atoms with Crippen molar-refractivity contribution in [1.29, 1.82) is 5.41 Å². The Morgan fingerprint density at radius 1 is 1.04 bits per heavy atom. The third-order valence-corrected chi connectivity index (χ3v) is 4.42. The van der Waals surface area contributed by atoms with Crippen LogP contribution in [0.3, 0.4) is 0 Å². The molecule has 0 saturated heterocycles. The van der Waals surface area contributed by atoms with Crippen molar-refractivity contribution in [3.8, 4) is 0 Å². The van der Waals surface area contributed by atoms with Gasteiger partial charge in [0.25, 0.3) is 0 Å². The van der Waals surface area contributed by atoms with Crippen molar-refractivity contribution in [3.05, 3.63) is 89.6 Å². The van der Waals surface area contributed by atoms with Gasteiger partial charge in [0.2, 0.25) is 5.90 Å². The molecule has 3 N–H and O–H groups in total. The highest BCUT2D eigenvalue weighted by Crippen LogP contribution is 2.10. The van der Waals surface area contributed by atoms with E-state index in [-0.39, 0.29) is 11.9 Å². The summed E-state index contributed by atoms with van der Waals surface area (Å²) in [6, 6.07) is 20.6. The second-order valence-electron chi connectivity index (χ2n) is 6.05. The first-order valence-electron chi connectivity index (χ1n) is 8.72. The summed E-state index contributed by atoms with van der Waals surface area (Å²) in [5.74, 6) is 0.427. The largest absolute Gasteiger partial charge is 0.473 e. The van der Waals surface area contributed by atoms with Crippen LogP contribution in [-0.4, -0.2) is 16.9 Å². The minimum Gasteiger partial charge on any atom is -0.473 e. The number of benzene rings is 2. The Morgan fingerprint density at radius 2 is 1.68 bits per heavy atom. The number of aromatic nitrogens is 1. The first kappa shape index (κ1) is 19.5. The fraction of sp³-hybridized carbons (Fsp3) is 0.0952. The number of carbonyl (C=O) groups is 1. The second kappa shape index (κ2) is 9.62. The summed E-state index contributed by atoms with van der Waals surface area (Å²) in [4.78, 5) is 16.2. The number of anilines is 1. The third kappa shape index (κ3) is 5.63. The molecule has 142 valence electrons. The second-order valence-corrected chi connectivity index (χ2v) is 6.68. The molecule has 0 bridgehead atoms. The quantitative estimate of drug-likeness (QED) is 0.341. The number of hydrogen-bond donors (Lipinski definition) is 3. The molecule has 0 fully saturated rings. The Morgan fingerprint density at radius 3 is 2.32 bits per heavy atom. The molecule has 28 heavy (non-hydrogen) atoms. The summed E-state index contributed by atoms with van der Waals surface area (Å²) < 4.78 is 5.53. The van der Waals surface area contributed by atoms with Crippen LogP contribution in [0, 0.1) is 5.41 Å². The highest BCUT2D eigenvalue weighted by atomic mass is 31.0. The van der Waals surface area contributed by atoms with E-state index in [1.165, 1.54) is 6.20 Å². The molecule has 0 aliphatic heterocycles. The van der Waals surface area contributed by atoms with Crippen molar-refractivity contribution in [2.45, 2.75) is 13.2 Å². The number of carbonyl (C=O) groups excluding carboxylic acids is 1. The van der Waals surface area contributed by atoms with Crippen LogP contribution in [0.1, 0.15) is 16.7 Å². The number of nitrogens with one attached hydrogen (secondary N) is 3. The number of pyridine rings is 1. The highest BCUT2D eigenvalue weighted by Gasteiger charge is 2.10. The van der Waals surface area contributed by atoms with Gasteiger partial charge < -0.3 is 10.1 Å². The predicted molar refractivity (Wildman–Crippen MR) is 114 cm³/mol. The lowest BCUT2D eigenvalue weighted by Crippen LogP contribution is -2.29. The highest BCUT2D eigenvalue weighted by molar-refractivity contribution is 7.27.